The number of hydrogen-bond donors (Lipinski definition) is 1. The van der Waals surface area contributed by atoms with Gasteiger partial charge in [-0.15, -0.1) is 0 Å². The van der Waals surface area contributed by atoms with E-state index in [1.165, 1.54) is 31.4 Å². The van der Waals surface area contributed by atoms with Crippen molar-refractivity contribution in [3.63, 3.8) is 0 Å². The van der Waals surface area contributed by atoms with Crippen molar-refractivity contribution >= 4 is 5.91 Å². The minimum Gasteiger partial charge on any atom is -0.349 e. The maximum absolute atomic E-state index is 13.1. The fourth-order valence-corrected chi connectivity index (χ4v) is 3.05. The van der Waals surface area contributed by atoms with E-state index in [1.807, 2.05) is 20.8 Å². The van der Waals surface area contributed by atoms with Gasteiger partial charge in [-0.05, 0) is 51.5 Å². The molecule has 0 aliphatic carbocycles. The zero-order valence-corrected chi connectivity index (χ0v) is 15.6. The van der Waals surface area contributed by atoms with E-state index in [9.17, 15) is 9.18 Å². The molecule has 1 heterocycles. The Morgan fingerprint density at radius 1 is 1.20 bits per heavy atom. The molecule has 0 saturated heterocycles. The summed E-state index contributed by atoms with van der Waals surface area (Å²) in [6.45, 7) is 7.92. The average Bonchev–Trinajstić information content (AvgIpc) is 2.87. The summed E-state index contributed by atoms with van der Waals surface area (Å²) in [5.41, 5.74) is 2.79. The van der Waals surface area contributed by atoms with E-state index in [1.54, 1.807) is 16.8 Å². The zero-order chi connectivity index (χ0) is 18.4. The standard InChI is InChI=1S/C20H28FN3O/c1-5-6-7-8-9-14(2)22-20(25)19-15(3)23-24(16(19)4)18-12-10-17(21)11-13-18/h10-14H,5-9H2,1-4H3,(H,22,25). The van der Waals surface area contributed by atoms with Crippen molar-refractivity contribution in [3.05, 3.63) is 47.0 Å². The number of nitrogens with one attached hydrogen (secondary N) is 1. The third-order valence-electron chi connectivity index (χ3n) is 4.46. The van der Waals surface area contributed by atoms with Crippen LogP contribution in [-0.4, -0.2) is 21.7 Å². The Kier molecular flexibility index (Phi) is 6.73. The van der Waals surface area contributed by atoms with Gasteiger partial charge in [-0.25, -0.2) is 9.07 Å². The van der Waals surface area contributed by atoms with Crippen molar-refractivity contribution in [2.45, 2.75) is 65.8 Å². The number of halogens is 1. The summed E-state index contributed by atoms with van der Waals surface area (Å²) in [7, 11) is 0. The van der Waals surface area contributed by atoms with Gasteiger partial charge in [0.2, 0.25) is 0 Å². The summed E-state index contributed by atoms with van der Waals surface area (Å²) in [6.07, 6.45) is 5.76. The lowest BCUT2D eigenvalue weighted by molar-refractivity contribution is 0.0936. The van der Waals surface area contributed by atoms with Gasteiger partial charge in [-0.1, -0.05) is 32.6 Å². The van der Waals surface area contributed by atoms with Gasteiger partial charge in [0, 0.05) is 6.04 Å². The summed E-state index contributed by atoms with van der Waals surface area (Å²) in [4.78, 5) is 12.7. The van der Waals surface area contributed by atoms with Crippen molar-refractivity contribution in [1.82, 2.24) is 15.1 Å². The van der Waals surface area contributed by atoms with E-state index >= 15 is 0 Å². The Labute approximate surface area is 149 Å². The highest BCUT2D eigenvalue weighted by atomic mass is 19.1. The number of carbonyl (C=O) groups excluding carboxylic acids is 1. The van der Waals surface area contributed by atoms with Crippen LogP contribution < -0.4 is 5.32 Å². The molecule has 0 radical (unpaired) electrons. The minimum absolute atomic E-state index is 0.0913. The first kappa shape index (κ1) is 19.2. The molecule has 5 heteroatoms. The molecule has 1 aromatic heterocycles. The number of amides is 1. The molecule has 25 heavy (non-hydrogen) atoms. The molecule has 0 fully saturated rings. The Balaban J connectivity index is 2.08. The van der Waals surface area contributed by atoms with Crippen LogP contribution in [0.2, 0.25) is 0 Å². The minimum atomic E-state index is -0.292. The molecule has 1 aromatic carbocycles. The molecule has 1 amide bonds. The van der Waals surface area contributed by atoms with Crippen LogP contribution in [0.3, 0.4) is 0 Å². The maximum Gasteiger partial charge on any atom is 0.255 e. The van der Waals surface area contributed by atoms with Crippen molar-refractivity contribution in [2.24, 2.45) is 0 Å². The Morgan fingerprint density at radius 3 is 2.52 bits per heavy atom. The number of aromatic nitrogens is 2. The SMILES string of the molecule is CCCCCCC(C)NC(=O)c1c(C)nn(-c2ccc(F)cc2)c1C. The van der Waals surface area contributed by atoms with Gasteiger partial charge in [0.15, 0.2) is 0 Å². The van der Waals surface area contributed by atoms with Gasteiger partial charge in [-0.3, -0.25) is 4.79 Å². The average molecular weight is 345 g/mol. The second kappa shape index (κ2) is 8.79. The molecular weight excluding hydrogens is 317 g/mol. The Morgan fingerprint density at radius 2 is 1.88 bits per heavy atom. The first-order valence-electron chi connectivity index (χ1n) is 9.07. The van der Waals surface area contributed by atoms with Crippen LogP contribution in [0.1, 0.15) is 67.7 Å². The fraction of sp³-hybridized carbons (Fsp3) is 0.500. The highest BCUT2D eigenvalue weighted by molar-refractivity contribution is 5.96. The molecule has 1 unspecified atom stereocenters. The van der Waals surface area contributed by atoms with E-state index in [2.05, 4.69) is 17.3 Å². The van der Waals surface area contributed by atoms with Gasteiger partial charge in [0.1, 0.15) is 5.82 Å². The second-order valence-corrected chi connectivity index (χ2v) is 6.66. The van der Waals surface area contributed by atoms with Crippen LogP contribution in [0.5, 0.6) is 0 Å². The number of rotatable bonds is 8. The number of nitrogens with zero attached hydrogens (tertiary/aromatic N) is 2. The van der Waals surface area contributed by atoms with E-state index in [0.29, 0.717) is 11.3 Å². The summed E-state index contributed by atoms with van der Waals surface area (Å²) in [6, 6.07) is 6.24. The number of benzene rings is 1. The van der Waals surface area contributed by atoms with Gasteiger partial charge >= 0.3 is 0 Å². The zero-order valence-electron chi connectivity index (χ0n) is 15.6. The van der Waals surface area contributed by atoms with E-state index < -0.39 is 0 Å². The van der Waals surface area contributed by atoms with Crippen molar-refractivity contribution in [3.8, 4) is 5.69 Å². The van der Waals surface area contributed by atoms with Crippen LogP contribution in [-0.2, 0) is 0 Å². The summed E-state index contributed by atoms with van der Waals surface area (Å²) >= 11 is 0. The Hall–Kier alpha value is -2.17. The van der Waals surface area contributed by atoms with Crippen molar-refractivity contribution < 1.29 is 9.18 Å². The predicted molar refractivity (Wildman–Crippen MR) is 98.7 cm³/mol. The fourth-order valence-electron chi connectivity index (χ4n) is 3.05. The molecular formula is C20H28FN3O. The Bertz CT molecular complexity index is 706. The van der Waals surface area contributed by atoms with Crippen LogP contribution in [0, 0.1) is 19.7 Å². The maximum atomic E-state index is 13.1. The summed E-state index contributed by atoms with van der Waals surface area (Å²) in [5.74, 6) is -0.383. The lowest BCUT2D eigenvalue weighted by atomic mass is 10.1. The smallest absolute Gasteiger partial charge is 0.255 e. The molecule has 1 atom stereocenters. The highest BCUT2D eigenvalue weighted by Crippen LogP contribution is 2.18. The molecule has 0 bridgehead atoms. The van der Waals surface area contributed by atoms with E-state index in [4.69, 9.17) is 0 Å². The highest BCUT2D eigenvalue weighted by Gasteiger charge is 2.20. The van der Waals surface area contributed by atoms with Gasteiger partial charge in [0.25, 0.3) is 5.91 Å². The first-order valence-corrected chi connectivity index (χ1v) is 9.07. The number of hydrogen-bond acceptors (Lipinski definition) is 2. The lowest BCUT2D eigenvalue weighted by Gasteiger charge is -2.14. The van der Waals surface area contributed by atoms with E-state index in [-0.39, 0.29) is 17.8 Å². The molecule has 0 aliphatic rings. The van der Waals surface area contributed by atoms with Gasteiger partial charge in [0.05, 0.1) is 22.6 Å². The second-order valence-electron chi connectivity index (χ2n) is 6.66. The molecule has 0 aliphatic heterocycles. The van der Waals surface area contributed by atoms with Crippen LogP contribution >= 0.6 is 0 Å². The molecule has 4 nitrogen and oxygen atoms in total. The van der Waals surface area contributed by atoms with Crippen molar-refractivity contribution in [1.29, 1.82) is 0 Å². The van der Waals surface area contributed by atoms with Gasteiger partial charge < -0.3 is 5.32 Å². The van der Waals surface area contributed by atoms with Crippen LogP contribution in [0.15, 0.2) is 24.3 Å². The molecule has 0 saturated carbocycles. The quantitative estimate of drug-likeness (QED) is 0.704. The lowest BCUT2D eigenvalue weighted by Crippen LogP contribution is -2.33. The summed E-state index contributed by atoms with van der Waals surface area (Å²) < 4.78 is 14.8. The van der Waals surface area contributed by atoms with Crippen molar-refractivity contribution in [2.75, 3.05) is 0 Å². The van der Waals surface area contributed by atoms with Crippen LogP contribution in [0.25, 0.3) is 5.69 Å². The molecule has 2 rings (SSSR count). The molecule has 1 N–H and O–H groups in total. The molecule has 2 aromatic rings. The molecule has 136 valence electrons. The number of unbranched alkanes of at least 4 members (excludes halogenated alkanes) is 3. The monoisotopic (exact) mass is 345 g/mol. The third-order valence-corrected chi connectivity index (χ3v) is 4.46. The molecule has 0 spiro atoms. The predicted octanol–water partition coefficient (Wildman–Crippen LogP) is 4.72. The van der Waals surface area contributed by atoms with E-state index in [0.717, 1.165) is 24.2 Å². The third kappa shape index (κ3) is 4.91. The normalized spacial score (nSPS) is 12.2. The van der Waals surface area contributed by atoms with Crippen LogP contribution in [0.4, 0.5) is 4.39 Å². The van der Waals surface area contributed by atoms with Gasteiger partial charge in [-0.2, -0.15) is 5.10 Å². The summed E-state index contributed by atoms with van der Waals surface area (Å²) in [5, 5.41) is 7.53. The topological polar surface area (TPSA) is 46.9 Å². The first-order chi connectivity index (χ1) is 11.9. The number of aryl methyl sites for hydroxylation is 1. The largest absolute Gasteiger partial charge is 0.349 e. The number of carbonyl (C=O) groups is 1.